The van der Waals surface area contributed by atoms with Gasteiger partial charge in [-0.25, -0.2) is 9.59 Å². The molecule has 8 heteroatoms. The first-order valence-corrected chi connectivity index (χ1v) is 13.9. The third-order valence-electron chi connectivity index (χ3n) is 6.95. The van der Waals surface area contributed by atoms with Crippen molar-refractivity contribution < 1.29 is 19.1 Å². The summed E-state index contributed by atoms with van der Waals surface area (Å²) in [5.41, 5.74) is 0.292. The molecule has 0 aromatic rings. The van der Waals surface area contributed by atoms with Crippen molar-refractivity contribution >= 4 is 75.7 Å². The minimum Gasteiger partial charge on any atom is -0.466 e. The van der Waals surface area contributed by atoms with Crippen molar-refractivity contribution in [1.82, 2.24) is 0 Å². The summed E-state index contributed by atoms with van der Waals surface area (Å²) in [4.78, 5) is 25.9. The molecule has 0 aromatic carbocycles. The zero-order valence-corrected chi connectivity index (χ0v) is 25.5. The number of rotatable bonds is 8. The molecule has 1 spiro atoms. The molecule has 6 atom stereocenters. The van der Waals surface area contributed by atoms with Gasteiger partial charge in [0, 0.05) is 4.48 Å². The van der Waals surface area contributed by atoms with Crippen molar-refractivity contribution in [3.63, 3.8) is 0 Å². The first-order chi connectivity index (χ1) is 14.3. The predicted molar refractivity (Wildman–Crippen MR) is 139 cm³/mol. The predicted octanol–water partition coefficient (Wildman–Crippen LogP) is 7.56. The molecule has 0 N–H and O–H groups in total. The van der Waals surface area contributed by atoms with Crippen LogP contribution in [-0.4, -0.2) is 33.3 Å². The zero-order chi connectivity index (χ0) is 23.9. The van der Waals surface area contributed by atoms with Crippen LogP contribution in [0.4, 0.5) is 0 Å². The Morgan fingerprint density at radius 1 is 1.16 bits per heavy atom. The Morgan fingerprint density at radius 3 is 2.19 bits per heavy atom. The van der Waals surface area contributed by atoms with Gasteiger partial charge in [0.1, 0.15) is 0 Å². The van der Waals surface area contributed by atoms with Gasteiger partial charge < -0.3 is 9.47 Å². The molecule has 176 valence electrons. The minimum absolute atomic E-state index is 0.00676. The molecule has 31 heavy (non-hydrogen) atoms. The zero-order valence-electron chi connectivity index (χ0n) is 19.2. The Morgan fingerprint density at radius 2 is 1.71 bits per heavy atom. The van der Waals surface area contributed by atoms with E-state index in [0.717, 1.165) is 30.2 Å². The highest BCUT2D eigenvalue weighted by Crippen LogP contribution is 2.74. The van der Waals surface area contributed by atoms with Gasteiger partial charge in [0.2, 0.25) is 0 Å². The van der Waals surface area contributed by atoms with Crippen LogP contribution < -0.4 is 0 Å². The number of halogens is 4. The third kappa shape index (κ3) is 4.07. The summed E-state index contributed by atoms with van der Waals surface area (Å²) in [7, 11) is 1.40. The van der Waals surface area contributed by atoms with Gasteiger partial charge in [0.15, 0.2) is 5.60 Å². The lowest BCUT2D eigenvalue weighted by Gasteiger charge is -2.67. The summed E-state index contributed by atoms with van der Waals surface area (Å²) in [6.45, 7) is 12.4. The van der Waals surface area contributed by atoms with E-state index in [1.54, 1.807) is 0 Å². The van der Waals surface area contributed by atoms with E-state index in [2.05, 4.69) is 91.4 Å². The van der Waals surface area contributed by atoms with Crippen LogP contribution in [0.3, 0.4) is 0 Å². The molecule has 2 aliphatic rings. The molecule has 1 fully saturated rings. The molecule has 0 amide bonds. The molecule has 2 rings (SSSR count). The Bertz CT molecular complexity index is 814. The number of ether oxygens (including phenoxy) is 2. The second-order valence-corrected chi connectivity index (χ2v) is 13.9. The normalized spacial score (nSPS) is 35.5. The van der Waals surface area contributed by atoms with Gasteiger partial charge in [-0.1, -0.05) is 104 Å². The van der Waals surface area contributed by atoms with Crippen LogP contribution >= 0.6 is 63.7 Å². The summed E-state index contributed by atoms with van der Waals surface area (Å²) in [6.07, 6.45) is 3.65. The monoisotopic (exact) mass is 688 g/mol. The van der Waals surface area contributed by atoms with Gasteiger partial charge >= 0.3 is 11.9 Å². The van der Waals surface area contributed by atoms with Gasteiger partial charge in [-0.15, -0.1) is 0 Å². The van der Waals surface area contributed by atoms with Crippen LogP contribution in [0.15, 0.2) is 20.1 Å². The van der Waals surface area contributed by atoms with Crippen LogP contribution in [0, 0.1) is 17.8 Å². The van der Waals surface area contributed by atoms with Crippen LogP contribution in [0.5, 0.6) is 0 Å². The summed E-state index contributed by atoms with van der Waals surface area (Å²) < 4.78 is 11.7. The second kappa shape index (κ2) is 9.91. The summed E-state index contributed by atoms with van der Waals surface area (Å²) >= 11 is 15.3. The first kappa shape index (κ1) is 27.6. The van der Waals surface area contributed by atoms with E-state index in [0.29, 0.717) is 15.6 Å². The maximum atomic E-state index is 13.1. The number of hydrogen-bond donors (Lipinski definition) is 0. The van der Waals surface area contributed by atoms with E-state index in [1.807, 2.05) is 13.8 Å². The van der Waals surface area contributed by atoms with Crippen molar-refractivity contribution in [2.24, 2.45) is 17.8 Å². The molecule has 0 saturated heterocycles. The largest absolute Gasteiger partial charge is 0.466 e. The van der Waals surface area contributed by atoms with Crippen molar-refractivity contribution in [3.8, 4) is 0 Å². The van der Waals surface area contributed by atoms with Crippen molar-refractivity contribution in [1.29, 1.82) is 0 Å². The topological polar surface area (TPSA) is 52.6 Å². The minimum atomic E-state index is -0.982. The number of methoxy groups -OCH3 is 1. The number of hydrogen-bond acceptors (Lipinski definition) is 4. The van der Waals surface area contributed by atoms with Crippen molar-refractivity contribution in [3.05, 3.63) is 20.1 Å². The smallest absolute Gasteiger partial charge is 0.336 e. The maximum absolute atomic E-state index is 13.1. The molecule has 1 aliphatic carbocycles. The fraction of sp³-hybridized carbons (Fsp3) is 0.739. The third-order valence-corrected chi connectivity index (χ3v) is 12.0. The molecular weight excluding hydrogens is 660 g/mol. The molecule has 0 unspecified atom stereocenters. The van der Waals surface area contributed by atoms with Gasteiger partial charge in [-0.2, -0.15) is 0 Å². The molecular formula is C23H32Br4O4. The van der Waals surface area contributed by atoms with Crippen LogP contribution in [0.2, 0.25) is 0 Å². The number of esters is 2. The van der Waals surface area contributed by atoms with E-state index >= 15 is 0 Å². The van der Waals surface area contributed by atoms with Crippen LogP contribution in [0.25, 0.3) is 0 Å². The Kier molecular flexibility index (Phi) is 8.82. The lowest BCUT2D eigenvalue weighted by atomic mass is 9.53. The van der Waals surface area contributed by atoms with E-state index < -0.39 is 14.2 Å². The van der Waals surface area contributed by atoms with Gasteiger partial charge in [-0.05, 0) is 38.5 Å². The molecule has 0 aromatic heterocycles. The van der Waals surface area contributed by atoms with Gasteiger partial charge in [0.05, 0.1) is 37.3 Å². The number of carbonyl (C=O) groups excluding carboxylic acids is 2. The van der Waals surface area contributed by atoms with Crippen molar-refractivity contribution in [2.45, 2.75) is 81.5 Å². The SMILES string of the molecule is CCC[C@@H](C)C1=C(Br)[C@]2(OC1=O)[C@@H](/C(Br)=C(\C(=O)OC)[C@@H](C)CCC)[C@@](C)(Br)[C@]2(C)Br. The lowest BCUT2D eigenvalue weighted by molar-refractivity contribution is -0.167. The second-order valence-electron chi connectivity index (χ2n) is 9.00. The molecule has 0 bridgehead atoms. The highest BCUT2D eigenvalue weighted by molar-refractivity contribution is 9.13. The van der Waals surface area contributed by atoms with E-state index in [9.17, 15) is 9.59 Å². The highest BCUT2D eigenvalue weighted by Gasteiger charge is 2.81. The molecule has 1 saturated carbocycles. The van der Waals surface area contributed by atoms with Gasteiger partial charge in [0.25, 0.3) is 0 Å². The summed E-state index contributed by atoms with van der Waals surface area (Å²) in [5, 5.41) is 0. The summed E-state index contributed by atoms with van der Waals surface area (Å²) in [5.74, 6) is -0.930. The van der Waals surface area contributed by atoms with Gasteiger partial charge in [-0.3, -0.25) is 0 Å². The van der Waals surface area contributed by atoms with E-state index in [1.165, 1.54) is 7.11 Å². The van der Waals surface area contributed by atoms with Crippen molar-refractivity contribution in [2.75, 3.05) is 7.11 Å². The van der Waals surface area contributed by atoms with Crippen LogP contribution in [0.1, 0.15) is 67.2 Å². The number of carbonyl (C=O) groups is 2. The molecule has 4 nitrogen and oxygen atoms in total. The highest BCUT2D eigenvalue weighted by atomic mass is 79.9. The Labute approximate surface area is 219 Å². The Hall–Kier alpha value is 0.340. The standard InChI is InChI=1S/C23H32Br4O4/c1-8-10-12(3)14(19(28)30-7)16(24)17-21(5,26)22(6,27)23(17)18(25)15(20(29)31-23)13(4)11-9-2/h12-13,17H,8-11H2,1-7H3/b16-14+/t12-,13+,17-,21+,22-,23+/m0/s1. The lowest BCUT2D eigenvalue weighted by Crippen LogP contribution is -2.79. The fourth-order valence-electron chi connectivity index (χ4n) is 5.02. The van der Waals surface area contributed by atoms with E-state index in [-0.39, 0.29) is 29.7 Å². The molecule has 1 heterocycles. The van der Waals surface area contributed by atoms with Crippen LogP contribution in [-0.2, 0) is 19.1 Å². The van der Waals surface area contributed by atoms with E-state index in [4.69, 9.17) is 9.47 Å². The average molecular weight is 692 g/mol. The number of alkyl halides is 2. The first-order valence-electron chi connectivity index (χ1n) is 10.8. The maximum Gasteiger partial charge on any atom is 0.336 e. The molecule has 1 aliphatic heterocycles. The Balaban J connectivity index is 2.76. The average Bonchev–Trinajstić information content (AvgIpc) is 2.94. The fourth-order valence-corrected chi connectivity index (χ4v) is 9.77. The molecule has 0 radical (unpaired) electrons. The summed E-state index contributed by atoms with van der Waals surface area (Å²) in [6, 6.07) is 0. The quantitative estimate of drug-likeness (QED) is 0.150.